The number of hydrogen-bond acceptors (Lipinski definition) is 3. The van der Waals surface area contributed by atoms with E-state index >= 15 is 0 Å². The van der Waals surface area contributed by atoms with Crippen LogP contribution in [-0.4, -0.2) is 41.7 Å². The van der Waals surface area contributed by atoms with Gasteiger partial charge < -0.3 is 14.3 Å². The second-order valence-corrected chi connectivity index (χ2v) is 8.15. The van der Waals surface area contributed by atoms with Crippen LogP contribution in [0.15, 0.2) is 48.5 Å². The fourth-order valence-electron chi connectivity index (χ4n) is 1.98. The fourth-order valence-corrected chi connectivity index (χ4v) is 5.46. The highest BCUT2D eigenvalue weighted by molar-refractivity contribution is 6.61. The van der Waals surface area contributed by atoms with Crippen LogP contribution in [0.5, 0.6) is 0 Å². The Bertz CT molecular complexity index is 614. The molecule has 2 aromatic carbocycles. The molecule has 0 radical (unpaired) electrons. The van der Waals surface area contributed by atoms with Crippen LogP contribution in [0.3, 0.4) is 0 Å². The maximum absolute atomic E-state index is 11.1. The molecule has 5 nitrogen and oxygen atoms in total. The van der Waals surface area contributed by atoms with Gasteiger partial charge in [-0.3, -0.25) is 0 Å². The number of hydrogen-bond donors (Lipinski definition) is 2. The molecule has 0 aromatic heterocycles. The van der Waals surface area contributed by atoms with Gasteiger partial charge in [0.2, 0.25) is 0 Å². The summed E-state index contributed by atoms with van der Waals surface area (Å²) in [5.74, 6) is -1.93. The van der Waals surface area contributed by atoms with Crippen molar-refractivity contribution in [3.63, 3.8) is 0 Å². The second kappa shape index (κ2) is 6.98. The van der Waals surface area contributed by atoms with Gasteiger partial charge in [-0.1, -0.05) is 36.4 Å². The van der Waals surface area contributed by atoms with Crippen LogP contribution in [0, 0.1) is 0 Å². The van der Waals surface area contributed by atoms with E-state index < -0.39 is 31.5 Å². The van der Waals surface area contributed by atoms with Crippen LogP contribution in [-0.2, 0) is 4.12 Å². The zero-order chi connectivity index (χ0) is 15.2. The average Bonchev–Trinajstić information content (AvgIpc) is 2.48. The van der Waals surface area contributed by atoms with Crippen LogP contribution in [0.25, 0.3) is 0 Å². The standard InChI is InChI=1S/C14H14O5Si2/c15-13(16)9-5-1-3-7-11(9)20-19-21-12-8-4-2-6-10(12)14(17)18/h1-8H,20-21H2,(H,15,16)(H,17,18). The van der Waals surface area contributed by atoms with Gasteiger partial charge in [0, 0.05) is 0 Å². The third-order valence-corrected chi connectivity index (χ3v) is 6.50. The maximum atomic E-state index is 11.1. The SMILES string of the molecule is O=C(O)c1ccccc1[SiH2]O[SiH2]c1ccccc1C(=O)O. The van der Waals surface area contributed by atoms with Gasteiger partial charge in [0.1, 0.15) is 0 Å². The van der Waals surface area contributed by atoms with Gasteiger partial charge in [-0.25, -0.2) is 9.59 Å². The summed E-state index contributed by atoms with van der Waals surface area (Å²) in [6, 6.07) is 13.6. The third kappa shape index (κ3) is 3.88. The van der Waals surface area contributed by atoms with Gasteiger partial charge in [-0.15, -0.1) is 0 Å². The number of aromatic carboxylic acids is 2. The molecule has 0 unspecified atom stereocenters. The van der Waals surface area contributed by atoms with Crippen molar-refractivity contribution in [2.45, 2.75) is 0 Å². The lowest BCUT2D eigenvalue weighted by Gasteiger charge is -2.08. The van der Waals surface area contributed by atoms with E-state index in [1.165, 1.54) is 0 Å². The molecule has 0 fully saturated rings. The Morgan fingerprint density at radius 1 is 0.762 bits per heavy atom. The highest BCUT2D eigenvalue weighted by Crippen LogP contribution is 1.97. The fraction of sp³-hybridized carbons (Fsp3) is 0. The Morgan fingerprint density at radius 3 is 1.52 bits per heavy atom. The van der Waals surface area contributed by atoms with E-state index in [4.69, 9.17) is 14.3 Å². The van der Waals surface area contributed by atoms with E-state index in [2.05, 4.69) is 0 Å². The smallest absolute Gasteiger partial charge is 0.335 e. The van der Waals surface area contributed by atoms with Crippen molar-refractivity contribution >= 4 is 41.8 Å². The molecule has 108 valence electrons. The second-order valence-electron chi connectivity index (χ2n) is 4.42. The predicted octanol–water partition coefficient (Wildman–Crippen LogP) is -0.782. The van der Waals surface area contributed by atoms with Crippen molar-refractivity contribution in [2.24, 2.45) is 0 Å². The van der Waals surface area contributed by atoms with Crippen molar-refractivity contribution in [2.75, 3.05) is 0 Å². The summed E-state index contributed by atoms with van der Waals surface area (Å²) in [7, 11) is -2.36. The van der Waals surface area contributed by atoms with Gasteiger partial charge in [0.05, 0.1) is 11.1 Å². The highest BCUT2D eigenvalue weighted by atomic mass is 28.3. The van der Waals surface area contributed by atoms with E-state index in [9.17, 15) is 9.59 Å². The Hall–Kier alpha value is -2.23. The molecule has 0 saturated heterocycles. The normalized spacial score (nSPS) is 11.4. The minimum Gasteiger partial charge on any atom is -0.478 e. The van der Waals surface area contributed by atoms with Crippen LogP contribution < -0.4 is 10.4 Å². The first-order valence-electron chi connectivity index (χ1n) is 6.29. The van der Waals surface area contributed by atoms with Crippen molar-refractivity contribution in [3.8, 4) is 0 Å². The summed E-state index contributed by atoms with van der Waals surface area (Å²) in [5.41, 5.74) is 0.536. The van der Waals surface area contributed by atoms with Gasteiger partial charge >= 0.3 is 11.9 Å². The number of rotatable bonds is 6. The van der Waals surface area contributed by atoms with Crippen LogP contribution >= 0.6 is 0 Å². The Labute approximate surface area is 126 Å². The minimum atomic E-state index is -1.18. The molecule has 0 bridgehead atoms. The average molecular weight is 318 g/mol. The summed E-state index contributed by atoms with van der Waals surface area (Å²) in [4.78, 5) is 22.2. The lowest BCUT2D eigenvalue weighted by Crippen LogP contribution is -2.31. The molecule has 0 amide bonds. The molecule has 0 spiro atoms. The van der Waals surface area contributed by atoms with Crippen LogP contribution in [0.1, 0.15) is 20.7 Å². The summed E-state index contributed by atoms with van der Waals surface area (Å²) in [6.45, 7) is 0. The van der Waals surface area contributed by atoms with E-state index in [1.54, 1.807) is 48.5 Å². The topological polar surface area (TPSA) is 83.8 Å². The summed E-state index contributed by atoms with van der Waals surface area (Å²) in [6.07, 6.45) is 0. The summed E-state index contributed by atoms with van der Waals surface area (Å²) in [5, 5.41) is 19.7. The number of carboxylic acid groups (broad SMARTS) is 2. The van der Waals surface area contributed by atoms with Gasteiger partial charge in [-0.2, -0.15) is 0 Å². The molecule has 2 aromatic rings. The molecule has 2 N–H and O–H groups in total. The highest BCUT2D eigenvalue weighted by Gasteiger charge is 2.12. The monoisotopic (exact) mass is 318 g/mol. The minimum absolute atomic E-state index is 0.268. The van der Waals surface area contributed by atoms with Crippen molar-refractivity contribution in [1.82, 2.24) is 0 Å². The summed E-state index contributed by atoms with van der Waals surface area (Å²) < 4.78 is 5.74. The predicted molar refractivity (Wildman–Crippen MR) is 84.2 cm³/mol. The quantitative estimate of drug-likeness (QED) is 0.683. The third-order valence-electron chi connectivity index (χ3n) is 3.01. The Kier molecular flexibility index (Phi) is 5.04. The molecule has 21 heavy (non-hydrogen) atoms. The molecule has 0 aliphatic carbocycles. The lowest BCUT2D eigenvalue weighted by molar-refractivity contribution is 0.0687. The number of carboxylic acids is 2. The van der Waals surface area contributed by atoms with Gasteiger partial charge in [0.25, 0.3) is 0 Å². The van der Waals surface area contributed by atoms with E-state index in [0.717, 1.165) is 10.4 Å². The molecule has 0 heterocycles. The van der Waals surface area contributed by atoms with Gasteiger partial charge in [0.15, 0.2) is 19.5 Å². The molecular weight excluding hydrogens is 304 g/mol. The van der Waals surface area contributed by atoms with Crippen molar-refractivity contribution in [1.29, 1.82) is 0 Å². The molecule has 7 heteroatoms. The van der Waals surface area contributed by atoms with Crippen molar-refractivity contribution in [3.05, 3.63) is 59.7 Å². The molecular formula is C14H14O5Si2. The number of carbonyl (C=O) groups is 2. The Balaban J connectivity index is 2.06. The first kappa shape index (κ1) is 15.2. The van der Waals surface area contributed by atoms with Crippen LogP contribution in [0.4, 0.5) is 0 Å². The molecule has 0 atom stereocenters. The first-order valence-corrected chi connectivity index (χ1v) is 8.86. The maximum Gasteiger partial charge on any atom is 0.335 e. The molecule has 2 rings (SSSR count). The van der Waals surface area contributed by atoms with Crippen molar-refractivity contribution < 1.29 is 23.9 Å². The summed E-state index contributed by atoms with van der Waals surface area (Å²) >= 11 is 0. The number of benzene rings is 2. The first-order chi connectivity index (χ1) is 10.1. The lowest BCUT2D eigenvalue weighted by atomic mass is 10.2. The zero-order valence-corrected chi connectivity index (χ0v) is 14.0. The molecule has 0 aliphatic heterocycles. The van der Waals surface area contributed by atoms with Gasteiger partial charge in [-0.05, 0) is 22.5 Å². The van der Waals surface area contributed by atoms with E-state index in [-0.39, 0.29) is 11.1 Å². The zero-order valence-electron chi connectivity index (χ0n) is 11.2. The van der Waals surface area contributed by atoms with Crippen LogP contribution in [0.2, 0.25) is 0 Å². The largest absolute Gasteiger partial charge is 0.478 e. The van der Waals surface area contributed by atoms with E-state index in [1.807, 2.05) is 0 Å². The van der Waals surface area contributed by atoms with E-state index in [0.29, 0.717) is 0 Å². The Morgan fingerprint density at radius 2 is 1.14 bits per heavy atom. The molecule has 0 saturated carbocycles. The molecule has 0 aliphatic rings.